The first-order valence-corrected chi connectivity index (χ1v) is 11.2. The Labute approximate surface area is 156 Å². The van der Waals surface area contributed by atoms with Crippen molar-refractivity contribution in [1.29, 1.82) is 0 Å². The second-order valence-electron chi connectivity index (χ2n) is 7.63. The number of sulfonamides is 1. The lowest BCUT2D eigenvalue weighted by molar-refractivity contribution is -0.117. The van der Waals surface area contributed by atoms with E-state index in [4.69, 9.17) is 0 Å². The number of carbonyl (C=O) groups excluding carboxylic acids is 1. The number of benzene rings is 1. The molecule has 0 radical (unpaired) electrons. The summed E-state index contributed by atoms with van der Waals surface area (Å²) in [5, 5.41) is 6.57. The number of hydrogen-bond acceptors (Lipinski definition) is 4. The summed E-state index contributed by atoms with van der Waals surface area (Å²) in [4.78, 5) is 12.5. The van der Waals surface area contributed by atoms with Crippen LogP contribution >= 0.6 is 0 Å². The standard InChI is InChI=1S/C19H29N3O3S/c1-3-9-26(24,25)22-18-6-4-5-17(13(18)2)21-19(23)12-14-10-15-7-8-16(11-14)20-15/h4-6,14-16,20,22H,3,7-12H2,1-2H3,(H,21,23). The molecule has 2 bridgehead atoms. The van der Waals surface area contributed by atoms with Crippen molar-refractivity contribution in [2.45, 2.75) is 64.5 Å². The molecule has 6 nitrogen and oxygen atoms in total. The Hall–Kier alpha value is -1.60. The minimum absolute atomic E-state index is 0.00738. The van der Waals surface area contributed by atoms with Gasteiger partial charge in [-0.3, -0.25) is 9.52 Å². The van der Waals surface area contributed by atoms with Gasteiger partial charge in [-0.15, -0.1) is 0 Å². The maximum Gasteiger partial charge on any atom is 0.232 e. The van der Waals surface area contributed by atoms with Gasteiger partial charge in [-0.05, 0) is 62.6 Å². The van der Waals surface area contributed by atoms with Crippen LogP contribution < -0.4 is 15.4 Å². The molecule has 2 fully saturated rings. The van der Waals surface area contributed by atoms with Gasteiger partial charge < -0.3 is 10.6 Å². The van der Waals surface area contributed by atoms with Gasteiger partial charge in [0.25, 0.3) is 0 Å². The second-order valence-corrected chi connectivity index (χ2v) is 9.47. The second kappa shape index (κ2) is 7.96. The van der Waals surface area contributed by atoms with E-state index in [-0.39, 0.29) is 11.7 Å². The zero-order valence-electron chi connectivity index (χ0n) is 15.5. The van der Waals surface area contributed by atoms with Crippen LogP contribution in [0, 0.1) is 12.8 Å². The molecule has 26 heavy (non-hydrogen) atoms. The third-order valence-corrected chi connectivity index (χ3v) is 6.87. The van der Waals surface area contributed by atoms with Crippen LogP contribution in [-0.2, 0) is 14.8 Å². The third-order valence-electron chi connectivity index (χ3n) is 5.39. The van der Waals surface area contributed by atoms with E-state index >= 15 is 0 Å². The van der Waals surface area contributed by atoms with Crippen LogP contribution in [0.4, 0.5) is 11.4 Å². The molecule has 3 N–H and O–H groups in total. The largest absolute Gasteiger partial charge is 0.326 e. The van der Waals surface area contributed by atoms with E-state index in [2.05, 4.69) is 15.4 Å². The molecular weight excluding hydrogens is 350 g/mol. The highest BCUT2D eigenvalue weighted by Crippen LogP contribution is 2.33. The van der Waals surface area contributed by atoms with Gasteiger partial charge in [-0.25, -0.2) is 8.42 Å². The quantitative estimate of drug-likeness (QED) is 0.680. The van der Waals surface area contributed by atoms with Gasteiger partial charge >= 0.3 is 0 Å². The van der Waals surface area contributed by atoms with Crippen molar-refractivity contribution in [1.82, 2.24) is 5.32 Å². The summed E-state index contributed by atoms with van der Waals surface area (Å²) >= 11 is 0. The predicted octanol–water partition coefficient (Wildman–Crippen LogP) is 3.01. The maximum absolute atomic E-state index is 12.5. The predicted molar refractivity (Wildman–Crippen MR) is 105 cm³/mol. The fraction of sp³-hybridized carbons (Fsp3) is 0.632. The first-order chi connectivity index (χ1) is 12.4. The molecule has 2 unspecified atom stereocenters. The van der Waals surface area contributed by atoms with Crippen molar-refractivity contribution in [3.8, 4) is 0 Å². The Balaban J connectivity index is 1.62. The topological polar surface area (TPSA) is 87.3 Å². The SMILES string of the molecule is CCCS(=O)(=O)Nc1cccc(NC(=O)CC2CC3CCC(C2)N3)c1C. The Morgan fingerprint density at radius 3 is 2.50 bits per heavy atom. The highest BCUT2D eigenvalue weighted by atomic mass is 32.2. The Kier molecular flexibility index (Phi) is 5.87. The Morgan fingerprint density at radius 2 is 1.85 bits per heavy atom. The minimum atomic E-state index is -3.35. The summed E-state index contributed by atoms with van der Waals surface area (Å²) in [5.74, 6) is 0.523. The smallest absolute Gasteiger partial charge is 0.232 e. The molecule has 1 aromatic carbocycles. The van der Waals surface area contributed by atoms with Crippen molar-refractivity contribution in [2.24, 2.45) is 5.92 Å². The third kappa shape index (κ3) is 4.76. The molecule has 2 heterocycles. The number of anilines is 2. The summed E-state index contributed by atoms with van der Waals surface area (Å²) in [7, 11) is -3.35. The number of hydrogen-bond donors (Lipinski definition) is 3. The molecule has 3 rings (SSSR count). The molecule has 1 amide bonds. The van der Waals surface area contributed by atoms with E-state index < -0.39 is 10.0 Å². The number of amides is 1. The molecule has 2 aliphatic heterocycles. The van der Waals surface area contributed by atoms with Crippen LogP contribution in [0.3, 0.4) is 0 Å². The van der Waals surface area contributed by atoms with E-state index in [1.165, 1.54) is 12.8 Å². The highest BCUT2D eigenvalue weighted by Gasteiger charge is 2.34. The van der Waals surface area contributed by atoms with Crippen molar-refractivity contribution in [2.75, 3.05) is 15.8 Å². The molecule has 2 aliphatic rings. The number of piperidine rings is 1. The van der Waals surface area contributed by atoms with Gasteiger partial charge in [0.2, 0.25) is 15.9 Å². The lowest BCUT2D eigenvalue weighted by Gasteiger charge is -2.28. The van der Waals surface area contributed by atoms with Gasteiger partial charge in [0.1, 0.15) is 0 Å². The molecule has 0 spiro atoms. The number of carbonyl (C=O) groups is 1. The first kappa shape index (κ1) is 19.2. The number of fused-ring (bicyclic) bond motifs is 2. The van der Waals surface area contributed by atoms with Crippen LogP contribution in [0.25, 0.3) is 0 Å². The zero-order valence-corrected chi connectivity index (χ0v) is 16.4. The van der Waals surface area contributed by atoms with E-state index in [9.17, 15) is 13.2 Å². The van der Waals surface area contributed by atoms with Crippen molar-refractivity contribution in [3.05, 3.63) is 23.8 Å². The fourth-order valence-corrected chi connectivity index (χ4v) is 5.37. The summed E-state index contributed by atoms with van der Waals surface area (Å²) in [6, 6.07) is 6.45. The summed E-state index contributed by atoms with van der Waals surface area (Å²) < 4.78 is 26.6. The maximum atomic E-state index is 12.5. The molecule has 7 heteroatoms. The first-order valence-electron chi connectivity index (χ1n) is 9.52. The normalized spacial score (nSPS) is 25.1. The molecule has 0 aromatic heterocycles. The molecule has 1 aromatic rings. The van der Waals surface area contributed by atoms with E-state index in [1.54, 1.807) is 12.1 Å². The molecule has 2 saturated heterocycles. The van der Waals surface area contributed by atoms with Gasteiger partial charge in [0.15, 0.2) is 0 Å². The lowest BCUT2D eigenvalue weighted by Crippen LogP contribution is -2.39. The van der Waals surface area contributed by atoms with E-state index in [0.29, 0.717) is 42.2 Å². The number of nitrogens with one attached hydrogen (secondary N) is 3. The molecule has 0 saturated carbocycles. The Morgan fingerprint density at radius 1 is 1.19 bits per heavy atom. The fourth-order valence-electron chi connectivity index (χ4n) is 4.17. The average Bonchev–Trinajstić information content (AvgIpc) is 2.89. The van der Waals surface area contributed by atoms with Gasteiger partial charge in [0.05, 0.1) is 11.4 Å². The van der Waals surface area contributed by atoms with Crippen LogP contribution in [0.5, 0.6) is 0 Å². The monoisotopic (exact) mass is 379 g/mol. The lowest BCUT2D eigenvalue weighted by atomic mass is 9.89. The summed E-state index contributed by atoms with van der Waals surface area (Å²) in [5.41, 5.74) is 1.94. The molecule has 0 aliphatic carbocycles. The minimum Gasteiger partial charge on any atom is -0.326 e. The van der Waals surface area contributed by atoms with Crippen molar-refractivity contribution in [3.63, 3.8) is 0 Å². The van der Waals surface area contributed by atoms with Crippen molar-refractivity contribution < 1.29 is 13.2 Å². The number of rotatable bonds is 7. The molecular formula is C19H29N3O3S. The molecule has 144 valence electrons. The zero-order chi connectivity index (χ0) is 18.7. The van der Waals surface area contributed by atoms with Crippen molar-refractivity contribution >= 4 is 27.3 Å². The summed E-state index contributed by atoms with van der Waals surface area (Å²) in [6.45, 7) is 3.65. The average molecular weight is 380 g/mol. The summed E-state index contributed by atoms with van der Waals surface area (Å²) in [6.07, 6.45) is 5.67. The van der Waals surface area contributed by atoms with Gasteiger partial charge in [-0.2, -0.15) is 0 Å². The Bertz CT molecular complexity index is 751. The van der Waals surface area contributed by atoms with Crippen LogP contribution in [-0.4, -0.2) is 32.2 Å². The van der Waals surface area contributed by atoms with E-state index in [0.717, 1.165) is 18.4 Å². The van der Waals surface area contributed by atoms with Crippen LogP contribution in [0.2, 0.25) is 0 Å². The van der Waals surface area contributed by atoms with E-state index in [1.807, 2.05) is 19.9 Å². The van der Waals surface area contributed by atoms with Crippen LogP contribution in [0.15, 0.2) is 18.2 Å². The van der Waals surface area contributed by atoms with Gasteiger partial charge in [0, 0.05) is 24.2 Å². The van der Waals surface area contributed by atoms with Crippen LogP contribution in [0.1, 0.15) is 51.0 Å². The highest BCUT2D eigenvalue weighted by molar-refractivity contribution is 7.92. The van der Waals surface area contributed by atoms with Gasteiger partial charge in [-0.1, -0.05) is 13.0 Å². The molecule has 2 atom stereocenters.